The van der Waals surface area contributed by atoms with E-state index in [0.717, 1.165) is 19.5 Å². The van der Waals surface area contributed by atoms with Crippen molar-refractivity contribution < 1.29 is 21.6 Å². The van der Waals surface area contributed by atoms with Gasteiger partial charge in [0.05, 0.1) is 0 Å². The Hall–Kier alpha value is -0.676. The van der Waals surface area contributed by atoms with Gasteiger partial charge in [0.1, 0.15) is 0 Å². The fraction of sp³-hybridized carbons (Fsp3) is 0.722. The van der Waals surface area contributed by atoms with E-state index < -0.39 is 6.23 Å². The van der Waals surface area contributed by atoms with Crippen LogP contribution in [0.5, 0.6) is 0 Å². The Bertz CT molecular complexity index is 421. The first kappa shape index (κ1) is 23.3. The van der Waals surface area contributed by atoms with Gasteiger partial charge in [-0.2, -0.15) is 6.20 Å². The molecule has 0 aliphatic carbocycles. The third-order valence-electron chi connectivity index (χ3n) is 3.82. The summed E-state index contributed by atoms with van der Waals surface area (Å²) in [6.45, 7) is 11.1. The van der Waals surface area contributed by atoms with Crippen LogP contribution >= 0.6 is 0 Å². The molecule has 0 bridgehead atoms. The van der Waals surface area contributed by atoms with E-state index in [4.69, 9.17) is 5.11 Å². The SMILES string of the molecule is CC1=NCCCN(C)CCCNC(C)(C)C1.OC1C=CC=C[N-]1.[Ni]. The minimum absolute atomic E-state index is 0. The third-order valence-corrected chi connectivity index (χ3v) is 3.82. The predicted molar refractivity (Wildman–Crippen MR) is 99.1 cm³/mol. The Morgan fingerprint density at radius 3 is 2.58 bits per heavy atom. The maximum atomic E-state index is 8.60. The first-order chi connectivity index (χ1) is 10.9. The molecule has 0 saturated carbocycles. The summed E-state index contributed by atoms with van der Waals surface area (Å²) in [7, 11) is 2.20. The Morgan fingerprint density at radius 1 is 1.29 bits per heavy atom. The summed E-state index contributed by atoms with van der Waals surface area (Å²) in [4.78, 5) is 7.04. The van der Waals surface area contributed by atoms with Gasteiger partial charge in [-0.1, -0.05) is 18.2 Å². The van der Waals surface area contributed by atoms with Gasteiger partial charge in [-0.3, -0.25) is 4.99 Å². The van der Waals surface area contributed by atoms with Crippen molar-refractivity contribution in [1.29, 1.82) is 0 Å². The topological polar surface area (TPSA) is 62.0 Å². The maximum Gasteiger partial charge on any atom is 0.0400 e. The Labute approximate surface area is 157 Å². The van der Waals surface area contributed by atoms with E-state index in [-0.39, 0.29) is 22.0 Å². The minimum atomic E-state index is -0.606. The molecular formula is C18H33N4NiO-. The van der Waals surface area contributed by atoms with Crippen LogP contribution in [0.1, 0.15) is 40.0 Å². The summed E-state index contributed by atoms with van der Waals surface area (Å²) in [5.74, 6) is 0. The van der Waals surface area contributed by atoms with Crippen molar-refractivity contribution in [3.05, 3.63) is 29.7 Å². The van der Waals surface area contributed by atoms with Gasteiger partial charge < -0.3 is 20.6 Å². The maximum absolute atomic E-state index is 8.60. The second kappa shape index (κ2) is 12.7. The van der Waals surface area contributed by atoms with Gasteiger partial charge in [-0.05, 0) is 60.3 Å². The van der Waals surface area contributed by atoms with E-state index in [0.29, 0.717) is 0 Å². The number of hydrogen-bond acceptors (Lipinski definition) is 4. The van der Waals surface area contributed by atoms with E-state index in [1.54, 1.807) is 24.4 Å². The van der Waals surface area contributed by atoms with Crippen molar-refractivity contribution >= 4 is 5.71 Å². The van der Waals surface area contributed by atoms with E-state index in [1.807, 2.05) is 0 Å². The number of nitrogens with zero attached hydrogens (tertiary/aromatic N) is 3. The first-order valence-electron chi connectivity index (χ1n) is 8.54. The number of aliphatic imine (C=N–C) groups is 1. The molecule has 5 nitrogen and oxygen atoms in total. The number of rotatable bonds is 0. The monoisotopic (exact) mass is 379 g/mol. The smallest absolute Gasteiger partial charge is 0.0400 e. The summed E-state index contributed by atoms with van der Waals surface area (Å²) in [5.41, 5.74) is 1.46. The second-order valence-corrected chi connectivity index (χ2v) is 6.90. The zero-order valence-electron chi connectivity index (χ0n) is 15.4. The molecular weight excluding hydrogens is 347 g/mol. The van der Waals surface area contributed by atoms with E-state index in [9.17, 15) is 0 Å². The molecule has 0 aromatic heterocycles. The zero-order valence-corrected chi connectivity index (χ0v) is 16.4. The van der Waals surface area contributed by atoms with Gasteiger partial charge in [0.15, 0.2) is 0 Å². The summed E-state index contributed by atoms with van der Waals surface area (Å²) < 4.78 is 0. The molecule has 0 radical (unpaired) electrons. The predicted octanol–water partition coefficient (Wildman–Crippen LogP) is 2.69. The van der Waals surface area contributed by atoms with Crippen LogP contribution in [0.4, 0.5) is 0 Å². The molecule has 24 heavy (non-hydrogen) atoms. The zero-order chi connectivity index (χ0) is 17.1. The van der Waals surface area contributed by atoms with Crippen molar-refractivity contribution in [2.75, 3.05) is 33.2 Å². The van der Waals surface area contributed by atoms with Crippen molar-refractivity contribution in [3.63, 3.8) is 0 Å². The van der Waals surface area contributed by atoms with Crippen LogP contribution in [-0.2, 0) is 16.5 Å². The number of nitrogens with one attached hydrogen (secondary N) is 1. The van der Waals surface area contributed by atoms with E-state index >= 15 is 0 Å². The van der Waals surface area contributed by atoms with Crippen LogP contribution in [0.2, 0.25) is 0 Å². The number of hydrogen-bond donors (Lipinski definition) is 2. The average Bonchev–Trinajstić information content (AvgIpc) is 2.48. The van der Waals surface area contributed by atoms with Gasteiger partial charge in [0, 0.05) is 46.9 Å². The van der Waals surface area contributed by atoms with Crippen molar-refractivity contribution in [2.24, 2.45) is 4.99 Å². The molecule has 1 atom stereocenters. The summed E-state index contributed by atoms with van der Waals surface area (Å²) in [6, 6.07) is 0. The molecule has 1 unspecified atom stereocenters. The molecule has 2 aliphatic rings. The molecule has 0 aromatic carbocycles. The number of allylic oxidation sites excluding steroid dienone is 2. The molecule has 6 heteroatoms. The van der Waals surface area contributed by atoms with Gasteiger partial charge in [-0.15, -0.1) is 0 Å². The molecule has 0 aromatic rings. The average molecular weight is 380 g/mol. The van der Waals surface area contributed by atoms with E-state index in [1.165, 1.54) is 31.6 Å². The Morgan fingerprint density at radius 2 is 2.00 bits per heavy atom. The normalized spacial score (nSPS) is 24.9. The van der Waals surface area contributed by atoms with Crippen LogP contribution in [0.25, 0.3) is 5.32 Å². The molecule has 2 rings (SSSR count). The molecule has 2 heterocycles. The largest absolute Gasteiger partial charge is 0.663 e. The summed E-state index contributed by atoms with van der Waals surface area (Å²) in [6.07, 6.45) is 9.58. The molecule has 2 N–H and O–H groups in total. The first-order valence-corrected chi connectivity index (χ1v) is 8.54. The molecule has 0 spiro atoms. The Balaban J connectivity index is 0.000000555. The molecule has 2 aliphatic heterocycles. The molecule has 0 saturated heterocycles. The van der Waals surface area contributed by atoms with Gasteiger partial charge in [0.2, 0.25) is 0 Å². The van der Waals surface area contributed by atoms with E-state index in [2.05, 4.69) is 48.3 Å². The number of aliphatic hydroxyl groups is 1. The standard InChI is InChI=1S/C13H27N3.C5H6NO.Ni/c1-12-11-13(2,3)15-8-6-10-16(4)9-5-7-14-12;7-5-3-1-2-4-6-5;/h15H,5-11H2,1-4H3;1-5,7H;/q;-1;. The Kier molecular flexibility index (Phi) is 12.3. The molecule has 0 fully saturated rings. The fourth-order valence-corrected chi connectivity index (χ4v) is 2.66. The minimum Gasteiger partial charge on any atom is -0.663 e. The van der Waals surface area contributed by atoms with Gasteiger partial charge in [-0.25, -0.2) is 0 Å². The van der Waals surface area contributed by atoms with Crippen LogP contribution in [-0.4, -0.2) is 60.7 Å². The fourth-order valence-electron chi connectivity index (χ4n) is 2.66. The summed E-state index contributed by atoms with van der Waals surface area (Å²) >= 11 is 0. The van der Waals surface area contributed by atoms with Crippen LogP contribution < -0.4 is 5.32 Å². The van der Waals surface area contributed by atoms with Crippen molar-refractivity contribution in [2.45, 2.75) is 51.8 Å². The van der Waals surface area contributed by atoms with Crippen LogP contribution in [0.3, 0.4) is 0 Å². The van der Waals surface area contributed by atoms with Crippen LogP contribution in [0.15, 0.2) is 29.4 Å². The van der Waals surface area contributed by atoms with Crippen LogP contribution in [0, 0.1) is 0 Å². The van der Waals surface area contributed by atoms with Crippen molar-refractivity contribution in [3.8, 4) is 0 Å². The summed E-state index contributed by atoms with van der Waals surface area (Å²) in [5, 5.41) is 15.8. The van der Waals surface area contributed by atoms with Gasteiger partial charge in [0.25, 0.3) is 0 Å². The third kappa shape index (κ3) is 11.8. The molecule has 0 amide bonds. The number of aliphatic hydroxyl groups excluding tert-OH is 1. The quantitative estimate of drug-likeness (QED) is 0.636. The van der Waals surface area contributed by atoms with Gasteiger partial charge >= 0.3 is 0 Å². The molecule has 142 valence electrons. The van der Waals surface area contributed by atoms with Crippen molar-refractivity contribution in [1.82, 2.24) is 10.2 Å². The second-order valence-electron chi connectivity index (χ2n) is 6.90.